The monoisotopic (exact) mass is 287 g/mol. The summed E-state index contributed by atoms with van der Waals surface area (Å²) in [6.45, 7) is 1.87. The normalized spacial score (nSPS) is 10.4. The van der Waals surface area contributed by atoms with E-state index < -0.39 is 0 Å². The van der Waals surface area contributed by atoms with Crippen molar-refractivity contribution in [3.63, 3.8) is 0 Å². The van der Waals surface area contributed by atoms with E-state index in [0.29, 0.717) is 21.6 Å². The fraction of sp³-hybridized carbons (Fsp3) is 0.0909. The molecule has 1 N–H and O–H groups in total. The Balaban J connectivity index is 2.37. The summed E-state index contributed by atoms with van der Waals surface area (Å²) in [5, 5.41) is 4.40. The van der Waals surface area contributed by atoms with E-state index in [9.17, 15) is 0 Å². The minimum atomic E-state index is 0.177. The number of aryl methyl sites for hydroxylation is 1. The van der Waals surface area contributed by atoms with Gasteiger partial charge >= 0.3 is 0 Å². The molecule has 0 aliphatic rings. The highest BCUT2D eigenvalue weighted by Gasteiger charge is 2.06. The minimum absolute atomic E-state index is 0.177. The number of anilines is 2. The largest absolute Gasteiger partial charge is 0.339 e. The standard InChI is InChI=1S/C11H8Cl3N3/c1-6-5-15-11(14)17-10(6)16-9-4-7(12)2-3-8(9)13/h2-5H,1H3,(H,15,16,17). The summed E-state index contributed by atoms with van der Waals surface area (Å²) < 4.78 is 0. The Morgan fingerprint density at radius 1 is 1.18 bits per heavy atom. The molecule has 0 atom stereocenters. The lowest BCUT2D eigenvalue weighted by Crippen LogP contribution is -1.98. The van der Waals surface area contributed by atoms with Crippen LogP contribution in [0.1, 0.15) is 5.56 Å². The molecular formula is C11H8Cl3N3. The first-order chi connectivity index (χ1) is 8.06. The zero-order valence-corrected chi connectivity index (χ0v) is 11.1. The Kier molecular flexibility index (Phi) is 3.72. The molecule has 0 fully saturated rings. The first kappa shape index (κ1) is 12.4. The molecule has 17 heavy (non-hydrogen) atoms. The van der Waals surface area contributed by atoms with Crippen LogP contribution >= 0.6 is 34.8 Å². The molecule has 0 saturated heterocycles. The number of aromatic nitrogens is 2. The number of nitrogens with zero attached hydrogens (tertiary/aromatic N) is 2. The van der Waals surface area contributed by atoms with Crippen molar-refractivity contribution in [3.05, 3.63) is 45.3 Å². The van der Waals surface area contributed by atoms with Gasteiger partial charge < -0.3 is 5.32 Å². The average Bonchev–Trinajstić information content (AvgIpc) is 2.28. The summed E-state index contributed by atoms with van der Waals surface area (Å²) in [7, 11) is 0. The van der Waals surface area contributed by atoms with Gasteiger partial charge in [0.15, 0.2) is 0 Å². The first-order valence-electron chi connectivity index (χ1n) is 4.77. The van der Waals surface area contributed by atoms with Crippen LogP contribution in [0.2, 0.25) is 15.3 Å². The summed E-state index contributed by atoms with van der Waals surface area (Å²) in [5.41, 5.74) is 1.54. The van der Waals surface area contributed by atoms with Gasteiger partial charge in [-0.05, 0) is 36.7 Å². The summed E-state index contributed by atoms with van der Waals surface area (Å²) >= 11 is 17.7. The molecule has 0 aliphatic heterocycles. The Morgan fingerprint density at radius 3 is 2.71 bits per heavy atom. The second-order valence-electron chi connectivity index (χ2n) is 3.42. The predicted molar refractivity (Wildman–Crippen MR) is 71.5 cm³/mol. The fourth-order valence-electron chi connectivity index (χ4n) is 1.27. The highest BCUT2D eigenvalue weighted by atomic mass is 35.5. The number of hydrogen-bond acceptors (Lipinski definition) is 3. The van der Waals surface area contributed by atoms with Crippen LogP contribution in [-0.4, -0.2) is 9.97 Å². The second kappa shape index (κ2) is 5.08. The van der Waals surface area contributed by atoms with E-state index in [0.717, 1.165) is 5.56 Å². The highest BCUT2D eigenvalue weighted by Crippen LogP contribution is 2.28. The van der Waals surface area contributed by atoms with Gasteiger partial charge in [0.25, 0.3) is 0 Å². The van der Waals surface area contributed by atoms with Crippen LogP contribution in [0, 0.1) is 6.92 Å². The van der Waals surface area contributed by atoms with Gasteiger partial charge in [-0.25, -0.2) is 9.97 Å². The van der Waals surface area contributed by atoms with E-state index in [1.807, 2.05) is 6.92 Å². The molecule has 2 aromatic rings. The second-order valence-corrected chi connectivity index (χ2v) is 4.60. The molecule has 1 heterocycles. The molecule has 2 rings (SSSR count). The van der Waals surface area contributed by atoms with Gasteiger partial charge in [-0.15, -0.1) is 0 Å². The summed E-state index contributed by atoms with van der Waals surface area (Å²) in [4.78, 5) is 7.96. The molecule has 0 amide bonds. The third kappa shape index (κ3) is 3.00. The van der Waals surface area contributed by atoms with Crippen LogP contribution in [0.15, 0.2) is 24.4 Å². The van der Waals surface area contributed by atoms with Crippen LogP contribution in [-0.2, 0) is 0 Å². The zero-order chi connectivity index (χ0) is 12.4. The van der Waals surface area contributed by atoms with Crippen LogP contribution < -0.4 is 5.32 Å². The van der Waals surface area contributed by atoms with Gasteiger partial charge in [-0.1, -0.05) is 23.2 Å². The van der Waals surface area contributed by atoms with Gasteiger partial charge in [0.2, 0.25) is 5.28 Å². The lowest BCUT2D eigenvalue weighted by Gasteiger charge is -2.10. The van der Waals surface area contributed by atoms with E-state index in [1.165, 1.54) is 0 Å². The Bertz CT molecular complexity index is 508. The molecule has 0 saturated carbocycles. The Labute approximate surface area is 114 Å². The molecule has 6 heteroatoms. The quantitative estimate of drug-likeness (QED) is 0.827. The van der Waals surface area contributed by atoms with E-state index in [1.54, 1.807) is 24.4 Å². The third-order valence-corrected chi connectivity index (χ3v) is 2.87. The number of benzene rings is 1. The number of nitrogens with one attached hydrogen (secondary N) is 1. The van der Waals surface area contributed by atoms with Gasteiger partial charge in [0, 0.05) is 16.8 Å². The van der Waals surface area contributed by atoms with Crippen molar-refractivity contribution < 1.29 is 0 Å². The highest BCUT2D eigenvalue weighted by molar-refractivity contribution is 6.35. The lowest BCUT2D eigenvalue weighted by atomic mass is 10.3. The molecule has 3 nitrogen and oxygen atoms in total. The van der Waals surface area contributed by atoms with Crippen molar-refractivity contribution >= 4 is 46.3 Å². The van der Waals surface area contributed by atoms with Crippen molar-refractivity contribution in [2.24, 2.45) is 0 Å². The topological polar surface area (TPSA) is 37.8 Å². The maximum Gasteiger partial charge on any atom is 0.224 e. The average molecular weight is 289 g/mol. The molecule has 0 unspecified atom stereocenters. The maximum absolute atomic E-state index is 6.04. The van der Waals surface area contributed by atoms with Gasteiger partial charge in [0.1, 0.15) is 5.82 Å². The van der Waals surface area contributed by atoms with Crippen LogP contribution in [0.25, 0.3) is 0 Å². The molecule has 0 radical (unpaired) electrons. The fourth-order valence-corrected chi connectivity index (χ4v) is 1.74. The maximum atomic E-state index is 6.04. The molecule has 88 valence electrons. The molecule has 1 aromatic heterocycles. The van der Waals surface area contributed by atoms with E-state index >= 15 is 0 Å². The molecule has 0 bridgehead atoms. The molecule has 0 spiro atoms. The van der Waals surface area contributed by atoms with Crippen molar-refractivity contribution in [1.29, 1.82) is 0 Å². The SMILES string of the molecule is Cc1cnc(Cl)nc1Nc1cc(Cl)ccc1Cl. The van der Waals surface area contributed by atoms with Crippen LogP contribution in [0.4, 0.5) is 11.5 Å². The van der Waals surface area contributed by atoms with Crippen molar-refractivity contribution in [3.8, 4) is 0 Å². The van der Waals surface area contributed by atoms with E-state index in [-0.39, 0.29) is 5.28 Å². The third-order valence-electron chi connectivity index (χ3n) is 2.12. The number of rotatable bonds is 2. The first-order valence-corrected chi connectivity index (χ1v) is 5.91. The van der Waals surface area contributed by atoms with Crippen LogP contribution in [0.3, 0.4) is 0 Å². The van der Waals surface area contributed by atoms with E-state index in [4.69, 9.17) is 34.8 Å². The van der Waals surface area contributed by atoms with E-state index in [2.05, 4.69) is 15.3 Å². The Morgan fingerprint density at radius 2 is 1.94 bits per heavy atom. The predicted octanol–water partition coefficient (Wildman–Crippen LogP) is 4.49. The zero-order valence-electron chi connectivity index (χ0n) is 8.84. The minimum Gasteiger partial charge on any atom is -0.339 e. The summed E-state index contributed by atoms with van der Waals surface area (Å²) in [6.07, 6.45) is 1.64. The summed E-state index contributed by atoms with van der Waals surface area (Å²) in [5.74, 6) is 0.606. The van der Waals surface area contributed by atoms with Crippen molar-refractivity contribution in [2.75, 3.05) is 5.32 Å². The number of halogens is 3. The molecular weight excluding hydrogens is 281 g/mol. The van der Waals surface area contributed by atoms with Gasteiger partial charge in [-0.2, -0.15) is 0 Å². The summed E-state index contributed by atoms with van der Waals surface area (Å²) in [6, 6.07) is 5.15. The van der Waals surface area contributed by atoms with Gasteiger partial charge in [0.05, 0.1) is 10.7 Å². The number of hydrogen-bond donors (Lipinski definition) is 1. The smallest absolute Gasteiger partial charge is 0.224 e. The lowest BCUT2D eigenvalue weighted by molar-refractivity contribution is 1.13. The Hall–Kier alpha value is -1.03. The molecule has 1 aromatic carbocycles. The molecule has 0 aliphatic carbocycles. The van der Waals surface area contributed by atoms with Gasteiger partial charge in [-0.3, -0.25) is 0 Å². The van der Waals surface area contributed by atoms with Crippen molar-refractivity contribution in [1.82, 2.24) is 9.97 Å². The van der Waals surface area contributed by atoms with Crippen LogP contribution in [0.5, 0.6) is 0 Å². The van der Waals surface area contributed by atoms with Crippen molar-refractivity contribution in [2.45, 2.75) is 6.92 Å².